The number of hydrogen-bond donors (Lipinski definition) is 0. The van der Waals surface area contributed by atoms with Crippen LogP contribution in [0.4, 0.5) is 0 Å². The largest absolute Gasteiger partial charge is 0.346 e. The van der Waals surface area contributed by atoms with Crippen LogP contribution in [-0.4, -0.2) is 10.4 Å². The summed E-state index contributed by atoms with van der Waals surface area (Å²) in [6.45, 7) is 7.33. The summed E-state index contributed by atoms with van der Waals surface area (Å²) in [4.78, 5) is 12.9. The monoisotopic (exact) mass is 291 g/mol. The van der Waals surface area contributed by atoms with E-state index in [0.29, 0.717) is 5.92 Å². The first kappa shape index (κ1) is 14.6. The van der Waals surface area contributed by atoms with Gasteiger partial charge in [-0.2, -0.15) is 0 Å². The van der Waals surface area contributed by atoms with E-state index in [2.05, 4.69) is 24.5 Å². The standard InChI is InChI=1S/C20H21NO/c1-14(2)12-21-13-18(17-6-4-5-7-19(17)21)20(22)16-10-8-15(3)9-11-16/h4-11,13-14H,12H2,1-3H3. The van der Waals surface area contributed by atoms with Gasteiger partial charge in [0.15, 0.2) is 5.78 Å². The number of rotatable bonds is 4. The van der Waals surface area contributed by atoms with Crippen molar-refractivity contribution in [2.45, 2.75) is 27.3 Å². The van der Waals surface area contributed by atoms with E-state index < -0.39 is 0 Å². The quantitative estimate of drug-likeness (QED) is 0.631. The fourth-order valence-corrected chi connectivity index (χ4v) is 2.83. The molecule has 1 aromatic heterocycles. The van der Waals surface area contributed by atoms with Crippen LogP contribution in [0.1, 0.15) is 35.3 Å². The molecular formula is C20H21NO. The van der Waals surface area contributed by atoms with E-state index in [-0.39, 0.29) is 5.78 Å². The maximum absolute atomic E-state index is 12.9. The van der Waals surface area contributed by atoms with E-state index in [4.69, 9.17) is 0 Å². The highest BCUT2D eigenvalue weighted by Crippen LogP contribution is 2.25. The van der Waals surface area contributed by atoms with Crippen molar-refractivity contribution >= 4 is 16.7 Å². The molecule has 3 aromatic rings. The first-order valence-corrected chi connectivity index (χ1v) is 7.75. The summed E-state index contributed by atoms with van der Waals surface area (Å²) in [5, 5.41) is 1.04. The van der Waals surface area contributed by atoms with Crippen molar-refractivity contribution in [3.8, 4) is 0 Å². The Balaban J connectivity index is 2.10. The highest BCUT2D eigenvalue weighted by Gasteiger charge is 2.16. The van der Waals surface area contributed by atoms with Gasteiger partial charge in [-0.3, -0.25) is 4.79 Å². The average Bonchev–Trinajstić information content (AvgIpc) is 2.86. The number of para-hydroxylation sites is 1. The third kappa shape index (κ3) is 2.69. The molecule has 0 saturated heterocycles. The number of carbonyl (C=O) groups excluding carboxylic acids is 1. The van der Waals surface area contributed by atoms with Crippen LogP contribution in [-0.2, 0) is 6.54 Å². The molecule has 0 unspecified atom stereocenters. The van der Waals surface area contributed by atoms with Crippen LogP contribution in [0.15, 0.2) is 54.7 Å². The molecule has 0 saturated carbocycles. The van der Waals surface area contributed by atoms with Crippen LogP contribution in [0.3, 0.4) is 0 Å². The van der Waals surface area contributed by atoms with Crippen molar-refractivity contribution in [3.63, 3.8) is 0 Å². The van der Waals surface area contributed by atoms with Crippen molar-refractivity contribution in [1.29, 1.82) is 0 Å². The van der Waals surface area contributed by atoms with E-state index in [1.165, 1.54) is 5.56 Å². The third-order valence-corrected chi connectivity index (χ3v) is 3.91. The minimum atomic E-state index is 0.0960. The fraction of sp³-hybridized carbons (Fsp3) is 0.250. The predicted octanol–water partition coefficient (Wildman–Crippen LogP) is 4.84. The number of aryl methyl sites for hydroxylation is 1. The lowest BCUT2D eigenvalue weighted by Gasteiger charge is -2.07. The smallest absolute Gasteiger partial charge is 0.195 e. The molecule has 0 fully saturated rings. The fourth-order valence-electron chi connectivity index (χ4n) is 2.83. The SMILES string of the molecule is Cc1ccc(C(=O)c2cn(CC(C)C)c3ccccc23)cc1. The van der Waals surface area contributed by atoms with Crippen molar-refractivity contribution in [3.05, 3.63) is 71.4 Å². The molecule has 0 spiro atoms. The minimum absolute atomic E-state index is 0.0960. The molecule has 0 atom stereocenters. The average molecular weight is 291 g/mol. The lowest BCUT2D eigenvalue weighted by molar-refractivity contribution is 0.104. The molecule has 0 amide bonds. The molecule has 0 bridgehead atoms. The molecule has 0 radical (unpaired) electrons. The lowest BCUT2D eigenvalue weighted by Crippen LogP contribution is -2.03. The second kappa shape index (κ2) is 5.80. The zero-order valence-corrected chi connectivity index (χ0v) is 13.3. The van der Waals surface area contributed by atoms with Crippen molar-refractivity contribution in [2.24, 2.45) is 5.92 Å². The maximum Gasteiger partial charge on any atom is 0.195 e. The number of carbonyl (C=O) groups is 1. The van der Waals surface area contributed by atoms with Gasteiger partial charge in [-0.25, -0.2) is 0 Å². The Morgan fingerprint density at radius 2 is 1.73 bits per heavy atom. The van der Waals surface area contributed by atoms with Gasteiger partial charge in [0.25, 0.3) is 0 Å². The Bertz CT molecular complexity index is 809. The highest BCUT2D eigenvalue weighted by molar-refractivity contribution is 6.16. The van der Waals surface area contributed by atoms with Gasteiger partial charge in [-0.05, 0) is 18.9 Å². The highest BCUT2D eigenvalue weighted by atomic mass is 16.1. The number of fused-ring (bicyclic) bond motifs is 1. The summed E-state index contributed by atoms with van der Waals surface area (Å²) in [6.07, 6.45) is 2.01. The molecule has 3 rings (SSSR count). The first-order chi connectivity index (χ1) is 10.6. The van der Waals surface area contributed by atoms with Gasteiger partial charge in [0.05, 0.1) is 0 Å². The van der Waals surface area contributed by atoms with E-state index in [0.717, 1.165) is 28.6 Å². The maximum atomic E-state index is 12.9. The Hall–Kier alpha value is -2.35. The zero-order chi connectivity index (χ0) is 15.7. The molecular weight excluding hydrogens is 270 g/mol. The molecule has 112 valence electrons. The van der Waals surface area contributed by atoms with E-state index >= 15 is 0 Å². The van der Waals surface area contributed by atoms with Gasteiger partial charge in [-0.1, -0.05) is 61.9 Å². The predicted molar refractivity (Wildman–Crippen MR) is 91.4 cm³/mol. The van der Waals surface area contributed by atoms with Crippen LogP contribution in [0, 0.1) is 12.8 Å². The first-order valence-electron chi connectivity index (χ1n) is 7.75. The Kier molecular flexibility index (Phi) is 3.84. The van der Waals surface area contributed by atoms with Gasteiger partial charge in [0.2, 0.25) is 0 Å². The van der Waals surface area contributed by atoms with Crippen molar-refractivity contribution in [1.82, 2.24) is 4.57 Å². The number of benzene rings is 2. The Morgan fingerprint density at radius 1 is 1.05 bits per heavy atom. The summed E-state index contributed by atoms with van der Waals surface area (Å²) in [6, 6.07) is 15.9. The normalized spacial score (nSPS) is 11.3. The molecule has 1 heterocycles. The van der Waals surface area contributed by atoms with Crippen LogP contribution in [0.2, 0.25) is 0 Å². The summed E-state index contributed by atoms with van der Waals surface area (Å²) >= 11 is 0. The molecule has 22 heavy (non-hydrogen) atoms. The molecule has 0 aliphatic rings. The van der Waals surface area contributed by atoms with Gasteiger partial charge in [0.1, 0.15) is 0 Å². The van der Waals surface area contributed by atoms with Gasteiger partial charge < -0.3 is 4.57 Å². The summed E-state index contributed by atoms with van der Waals surface area (Å²) in [5.74, 6) is 0.636. The summed E-state index contributed by atoms with van der Waals surface area (Å²) in [7, 11) is 0. The summed E-state index contributed by atoms with van der Waals surface area (Å²) in [5.41, 5.74) is 3.84. The van der Waals surface area contributed by atoms with Crippen molar-refractivity contribution in [2.75, 3.05) is 0 Å². The number of nitrogens with zero attached hydrogens (tertiary/aromatic N) is 1. The van der Waals surface area contributed by atoms with E-state index in [9.17, 15) is 4.79 Å². The Labute approximate surface area is 131 Å². The summed E-state index contributed by atoms with van der Waals surface area (Å²) < 4.78 is 2.20. The zero-order valence-electron chi connectivity index (χ0n) is 13.3. The molecule has 0 N–H and O–H groups in total. The van der Waals surface area contributed by atoms with Crippen LogP contribution in [0.5, 0.6) is 0 Å². The lowest BCUT2D eigenvalue weighted by atomic mass is 10.0. The van der Waals surface area contributed by atoms with Gasteiger partial charge >= 0.3 is 0 Å². The van der Waals surface area contributed by atoms with Crippen molar-refractivity contribution < 1.29 is 4.79 Å². The van der Waals surface area contributed by atoms with Crippen LogP contribution >= 0.6 is 0 Å². The molecule has 2 heteroatoms. The van der Waals surface area contributed by atoms with Gasteiger partial charge in [0, 0.05) is 34.8 Å². The molecule has 2 nitrogen and oxygen atoms in total. The van der Waals surface area contributed by atoms with Gasteiger partial charge in [-0.15, -0.1) is 0 Å². The molecule has 0 aliphatic carbocycles. The number of hydrogen-bond acceptors (Lipinski definition) is 1. The second-order valence-corrected chi connectivity index (χ2v) is 6.30. The van der Waals surface area contributed by atoms with Crippen LogP contribution in [0.25, 0.3) is 10.9 Å². The number of aromatic nitrogens is 1. The third-order valence-electron chi connectivity index (χ3n) is 3.91. The number of ketones is 1. The Morgan fingerprint density at radius 3 is 2.41 bits per heavy atom. The van der Waals surface area contributed by atoms with E-state index in [1.807, 2.05) is 55.6 Å². The topological polar surface area (TPSA) is 22.0 Å². The van der Waals surface area contributed by atoms with E-state index in [1.54, 1.807) is 0 Å². The second-order valence-electron chi connectivity index (χ2n) is 6.30. The van der Waals surface area contributed by atoms with Crippen LogP contribution < -0.4 is 0 Å². The molecule has 2 aromatic carbocycles. The minimum Gasteiger partial charge on any atom is -0.346 e. The molecule has 0 aliphatic heterocycles.